The van der Waals surface area contributed by atoms with Crippen LogP contribution in [0.1, 0.15) is 30.3 Å². The Morgan fingerprint density at radius 2 is 1.90 bits per heavy atom. The third-order valence-electron chi connectivity index (χ3n) is 3.14. The predicted octanol–water partition coefficient (Wildman–Crippen LogP) is 3.65. The number of nitrogens with two attached hydrogens (primary N) is 1. The van der Waals surface area contributed by atoms with Crippen LogP contribution in [0.3, 0.4) is 0 Å². The van der Waals surface area contributed by atoms with Gasteiger partial charge < -0.3 is 5.73 Å². The molecule has 0 amide bonds. The second kappa shape index (κ2) is 7.02. The standard InChI is InChI=1S/C15H17Cl2N3/c1-2-13(18)5-10-8-19-15(20-9-10)6-11-3-4-12(16)7-14(11)17/h3-4,7-9,13H,2,5-6,18H2,1H3. The summed E-state index contributed by atoms with van der Waals surface area (Å²) < 4.78 is 0. The molecule has 0 fully saturated rings. The van der Waals surface area contributed by atoms with Crippen molar-refractivity contribution in [3.8, 4) is 0 Å². The molecule has 5 heteroatoms. The van der Waals surface area contributed by atoms with Crippen molar-refractivity contribution in [1.29, 1.82) is 0 Å². The highest BCUT2D eigenvalue weighted by Crippen LogP contribution is 2.22. The summed E-state index contributed by atoms with van der Waals surface area (Å²) in [5, 5.41) is 1.27. The Bertz CT molecular complexity index is 570. The van der Waals surface area contributed by atoms with Crippen LogP contribution in [0.2, 0.25) is 10.0 Å². The van der Waals surface area contributed by atoms with E-state index in [2.05, 4.69) is 16.9 Å². The van der Waals surface area contributed by atoms with Crippen molar-refractivity contribution in [3.63, 3.8) is 0 Å². The fourth-order valence-electron chi connectivity index (χ4n) is 1.86. The summed E-state index contributed by atoms with van der Waals surface area (Å²) in [5.41, 5.74) is 7.94. The van der Waals surface area contributed by atoms with Crippen molar-refractivity contribution in [1.82, 2.24) is 9.97 Å². The number of benzene rings is 1. The monoisotopic (exact) mass is 309 g/mol. The highest BCUT2D eigenvalue weighted by atomic mass is 35.5. The normalized spacial score (nSPS) is 12.4. The van der Waals surface area contributed by atoms with Gasteiger partial charge >= 0.3 is 0 Å². The highest BCUT2D eigenvalue weighted by molar-refractivity contribution is 6.35. The fraction of sp³-hybridized carbons (Fsp3) is 0.333. The van der Waals surface area contributed by atoms with E-state index in [-0.39, 0.29) is 6.04 Å². The van der Waals surface area contributed by atoms with Crippen LogP contribution in [0.4, 0.5) is 0 Å². The van der Waals surface area contributed by atoms with Crippen LogP contribution in [0.15, 0.2) is 30.6 Å². The lowest BCUT2D eigenvalue weighted by atomic mass is 10.1. The van der Waals surface area contributed by atoms with E-state index in [4.69, 9.17) is 28.9 Å². The van der Waals surface area contributed by atoms with E-state index in [1.165, 1.54) is 0 Å². The predicted molar refractivity (Wildman–Crippen MR) is 83.3 cm³/mol. The van der Waals surface area contributed by atoms with Crippen LogP contribution >= 0.6 is 23.2 Å². The van der Waals surface area contributed by atoms with Crippen LogP contribution in [-0.4, -0.2) is 16.0 Å². The molecular formula is C15H17Cl2N3. The molecule has 1 aromatic carbocycles. The molecule has 0 radical (unpaired) electrons. The third kappa shape index (κ3) is 4.17. The lowest BCUT2D eigenvalue weighted by Crippen LogP contribution is -2.21. The largest absolute Gasteiger partial charge is 0.327 e. The minimum absolute atomic E-state index is 0.162. The van der Waals surface area contributed by atoms with Crippen molar-refractivity contribution >= 4 is 23.2 Å². The molecule has 1 heterocycles. The molecule has 1 atom stereocenters. The molecule has 0 bridgehead atoms. The van der Waals surface area contributed by atoms with E-state index in [1.54, 1.807) is 6.07 Å². The number of hydrogen-bond donors (Lipinski definition) is 1. The van der Waals surface area contributed by atoms with Gasteiger partial charge in [0.05, 0.1) is 0 Å². The number of hydrogen-bond acceptors (Lipinski definition) is 3. The quantitative estimate of drug-likeness (QED) is 0.917. The Morgan fingerprint density at radius 3 is 2.50 bits per heavy atom. The molecule has 2 aromatic rings. The van der Waals surface area contributed by atoms with Crippen molar-refractivity contribution < 1.29 is 0 Å². The van der Waals surface area contributed by atoms with Crippen molar-refractivity contribution in [2.75, 3.05) is 0 Å². The molecule has 0 spiro atoms. The van der Waals surface area contributed by atoms with Crippen LogP contribution < -0.4 is 5.73 Å². The van der Waals surface area contributed by atoms with Gasteiger partial charge in [0.2, 0.25) is 0 Å². The van der Waals surface area contributed by atoms with Crippen LogP contribution in [0.5, 0.6) is 0 Å². The molecule has 3 nitrogen and oxygen atoms in total. The molecule has 1 aromatic heterocycles. The molecule has 20 heavy (non-hydrogen) atoms. The Balaban J connectivity index is 2.07. The zero-order valence-corrected chi connectivity index (χ0v) is 12.8. The molecular weight excluding hydrogens is 293 g/mol. The van der Waals surface area contributed by atoms with Gasteiger partial charge in [-0.05, 0) is 36.1 Å². The topological polar surface area (TPSA) is 51.8 Å². The molecule has 1 unspecified atom stereocenters. The summed E-state index contributed by atoms with van der Waals surface area (Å²) in [6.07, 6.45) is 6.01. The van der Waals surface area contributed by atoms with E-state index >= 15 is 0 Å². The van der Waals surface area contributed by atoms with E-state index < -0.39 is 0 Å². The molecule has 106 valence electrons. The van der Waals surface area contributed by atoms with Gasteiger partial charge in [0.1, 0.15) is 5.82 Å². The van der Waals surface area contributed by atoms with Crippen molar-refractivity contribution in [2.24, 2.45) is 5.73 Å². The smallest absolute Gasteiger partial charge is 0.132 e. The Kier molecular flexibility index (Phi) is 5.35. The van der Waals surface area contributed by atoms with E-state index in [0.717, 1.165) is 29.8 Å². The van der Waals surface area contributed by atoms with Gasteiger partial charge in [0.15, 0.2) is 0 Å². The maximum atomic E-state index is 6.14. The molecule has 2 rings (SSSR count). The molecule has 0 aliphatic rings. The lowest BCUT2D eigenvalue weighted by Gasteiger charge is -2.08. The van der Waals surface area contributed by atoms with Crippen molar-refractivity contribution in [2.45, 2.75) is 32.2 Å². The van der Waals surface area contributed by atoms with Gasteiger partial charge in [-0.1, -0.05) is 36.2 Å². The van der Waals surface area contributed by atoms with Gasteiger partial charge in [-0.25, -0.2) is 9.97 Å². The molecule has 0 saturated heterocycles. The average molecular weight is 310 g/mol. The molecule has 0 aliphatic heterocycles. The Labute approximate surface area is 129 Å². The van der Waals surface area contributed by atoms with Gasteiger partial charge in [-0.2, -0.15) is 0 Å². The first-order chi connectivity index (χ1) is 9.58. The number of nitrogens with zero attached hydrogens (tertiary/aromatic N) is 2. The second-order valence-corrected chi connectivity index (χ2v) is 5.64. The summed E-state index contributed by atoms with van der Waals surface area (Å²) in [7, 11) is 0. The first kappa shape index (κ1) is 15.2. The summed E-state index contributed by atoms with van der Waals surface area (Å²) in [4.78, 5) is 8.73. The number of aromatic nitrogens is 2. The third-order valence-corrected chi connectivity index (χ3v) is 3.73. The average Bonchev–Trinajstić information content (AvgIpc) is 2.44. The maximum Gasteiger partial charge on any atom is 0.132 e. The van der Waals surface area contributed by atoms with Gasteiger partial charge in [0.25, 0.3) is 0 Å². The molecule has 2 N–H and O–H groups in total. The summed E-state index contributed by atoms with van der Waals surface area (Å²) in [5.74, 6) is 0.739. The maximum absolute atomic E-state index is 6.14. The van der Waals surface area contributed by atoms with E-state index in [1.807, 2.05) is 24.5 Å². The highest BCUT2D eigenvalue weighted by Gasteiger charge is 2.06. The van der Waals surface area contributed by atoms with E-state index in [9.17, 15) is 0 Å². The summed E-state index contributed by atoms with van der Waals surface area (Å²) in [6, 6.07) is 5.61. The molecule has 0 aliphatic carbocycles. The number of halogens is 2. The van der Waals surface area contributed by atoms with Gasteiger partial charge in [0, 0.05) is 34.9 Å². The van der Waals surface area contributed by atoms with Crippen molar-refractivity contribution in [3.05, 3.63) is 57.6 Å². The zero-order valence-electron chi connectivity index (χ0n) is 11.3. The Morgan fingerprint density at radius 1 is 1.20 bits per heavy atom. The second-order valence-electron chi connectivity index (χ2n) is 4.79. The van der Waals surface area contributed by atoms with Crippen LogP contribution in [-0.2, 0) is 12.8 Å². The lowest BCUT2D eigenvalue weighted by molar-refractivity contribution is 0.642. The SMILES string of the molecule is CCC(N)Cc1cnc(Cc2ccc(Cl)cc2Cl)nc1. The Hall–Kier alpha value is -1.16. The van der Waals surface area contributed by atoms with E-state index in [0.29, 0.717) is 16.5 Å². The fourth-order valence-corrected chi connectivity index (χ4v) is 2.34. The van der Waals surface area contributed by atoms with Crippen LogP contribution in [0.25, 0.3) is 0 Å². The first-order valence-corrected chi connectivity index (χ1v) is 7.33. The minimum atomic E-state index is 0.162. The van der Waals surface area contributed by atoms with Crippen LogP contribution in [0, 0.1) is 0 Å². The zero-order chi connectivity index (χ0) is 14.5. The molecule has 0 saturated carbocycles. The first-order valence-electron chi connectivity index (χ1n) is 6.57. The summed E-state index contributed by atoms with van der Waals surface area (Å²) >= 11 is 12.0. The summed E-state index contributed by atoms with van der Waals surface area (Å²) in [6.45, 7) is 2.07. The minimum Gasteiger partial charge on any atom is -0.327 e. The number of rotatable bonds is 5. The van der Waals surface area contributed by atoms with Gasteiger partial charge in [-0.15, -0.1) is 0 Å². The van der Waals surface area contributed by atoms with Gasteiger partial charge in [-0.3, -0.25) is 0 Å².